The second kappa shape index (κ2) is 6.16. The van der Waals surface area contributed by atoms with Gasteiger partial charge in [0.05, 0.1) is 24.7 Å². The third-order valence-electron chi connectivity index (χ3n) is 2.91. The van der Waals surface area contributed by atoms with Gasteiger partial charge in [0.25, 0.3) is 0 Å². The molecule has 20 heavy (non-hydrogen) atoms. The van der Waals surface area contributed by atoms with Gasteiger partial charge in [-0.2, -0.15) is 0 Å². The molecule has 1 unspecified atom stereocenters. The average molecular weight is 275 g/mol. The Morgan fingerprint density at radius 2 is 2.25 bits per heavy atom. The molecule has 0 fully saturated rings. The predicted molar refractivity (Wildman–Crippen MR) is 74.2 cm³/mol. The number of para-hydroxylation sites is 2. The van der Waals surface area contributed by atoms with Gasteiger partial charge in [0.1, 0.15) is 11.8 Å². The summed E-state index contributed by atoms with van der Waals surface area (Å²) in [5, 5.41) is 10.6. The van der Waals surface area contributed by atoms with E-state index in [1.54, 1.807) is 32.4 Å². The number of amides is 1. The Morgan fingerprint density at radius 3 is 2.90 bits per heavy atom. The number of methoxy groups -OCH3 is 1. The highest BCUT2D eigenvalue weighted by atomic mass is 16.5. The largest absolute Gasteiger partial charge is 0.495 e. The maximum Gasteiger partial charge on any atom is 0.249 e. The van der Waals surface area contributed by atoms with Gasteiger partial charge in [-0.1, -0.05) is 17.3 Å². The molecule has 0 aliphatic heterocycles. The summed E-state index contributed by atoms with van der Waals surface area (Å²) in [4.78, 5) is 12.2. The second-order valence-corrected chi connectivity index (χ2v) is 4.26. The maximum absolute atomic E-state index is 12.2. The number of carbonyl (C=O) groups is 1. The first-order valence-corrected chi connectivity index (χ1v) is 6.20. The van der Waals surface area contributed by atoms with Crippen LogP contribution >= 0.6 is 0 Å². The molecule has 1 atom stereocenters. The number of hydrogen-bond acceptors (Lipinski definition) is 5. The van der Waals surface area contributed by atoms with Crippen LogP contribution in [0.15, 0.2) is 30.5 Å². The molecule has 7 nitrogen and oxygen atoms in total. The number of ether oxygens (including phenoxy) is 1. The minimum absolute atomic E-state index is 0.206. The van der Waals surface area contributed by atoms with Crippen LogP contribution in [0, 0.1) is 0 Å². The zero-order valence-corrected chi connectivity index (χ0v) is 11.4. The fourth-order valence-corrected chi connectivity index (χ4v) is 1.70. The Morgan fingerprint density at radius 1 is 1.50 bits per heavy atom. The van der Waals surface area contributed by atoms with Crippen LogP contribution in [0.2, 0.25) is 0 Å². The van der Waals surface area contributed by atoms with Crippen LogP contribution in [-0.2, 0) is 11.3 Å². The van der Waals surface area contributed by atoms with E-state index in [0.29, 0.717) is 23.7 Å². The van der Waals surface area contributed by atoms with Gasteiger partial charge >= 0.3 is 0 Å². The van der Waals surface area contributed by atoms with Crippen molar-refractivity contribution in [2.24, 2.45) is 5.73 Å². The number of hydrogen-bond donors (Lipinski definition) is 2. The topological polar surface area (TPSA) is 95.1 Å². The lowest BCUT2D eigenvalue weighted by Crippen LogP contribution is -2.24. The SMILES string of the molecule is COc1ccccc1NC(=O)C(C)n1cc(CN)nn1. The van der Waals surface area contributed by atoms with Crippen molar-refractivity contribution in [3.63, 3.8) is 0 Å². The normalized spacial score (nSPS) is 11.9. The highest BCUT2D eigenvalue weighted by molar-refractivity contribution is 5.94. The second-order valence-electron chi connectivity index (χ2n) is 4.26. The molecule has 0 saturated carbocycles. The number of carbonyl (C=O) groups excluding carboxylic acids is 1. The predicted octanol–water partition coefficient (Wildman–Crippen LogP) is 0.945. The molecule has 3 N–H and O–H groups in total. The van der Waals surface area contributed by atoms with Crippen LogP contribution in [0.3, 0.4) is 0 Å². The number of aromatic nitrogens is 3. The first kappa shape index (κ1) is 14.0. The molecule has 0 aliphatic carbocycles. The number of nitrogens with two attached hydrogens (primary N) is 1. The molecule has 0 aliphatic rings. The van der Waals surface area contributed by atoms with Gasteiger partial charge in [-0.3, -0.25) is 4.79 Å². The van der Waals surface area contributed by atoms with E-state index in [4.69, 9.17) is 10.5 Å². The Hall–Kier alpha value is -2.41. The van der Waals surface area contributed by atoms with Gasteiger partial charge in [0.2, 0.25) is 5.91 Å². The van der Waals surface area contributed by atoms with Crippen molar-refractivity contribution in [2.45, 2.75) is 19.5 Å². The van der Waals surface area contributed by atoms with Gasteiger partial charge < -0.3 is 15.8 Å². The first-order chi connectivity index (χ1) is 9.65. The minimum Gasteiger partial charge on any atom is -0.495 e. The summed E-state index contributed by atoms with van der Waals surface area (Å²) < 4.78 is 6.67. The van der Waals surface area contributed by atoms with Crippen molar-refractivity contribution < 1.29 is 9.53 Å². The third-order valence-corrected chi connectivity index (χ3v) is 2.91. The Kier molecular flexibility index (Phi) is 4.31. The summed E-state index contributed by atoms with van der Waals surface area (Å²) in [6, 6.07) is 6.72. The van der Waals surface area contributed by atoms with Crippen molar-refractivity contribution >= 4 is 11.6 Å². The summed E-state index contributed by atoms with van der Waals surface area (Å²) in [6.45, 7) is 2.03. The maximum atomic E-state index is 12.2. The van der Waals surface area contributed by atoms with E-state index >= 15 is 0 Å². The van der Waals surface area contributed by atoms with Gasteiger partial charge in [0, 0.05) is 6.54 Å². The van der Waals surface area contributed by atoms with Crippen molar-refractivity contribution in [3.05, 3.63) is 36.2 Å². The molecule has 2 rings (SSSR count). The minimum atomic E-state index is -0.493. The van der Waals surface area contributed by atoms with Crippen LogP contribution in [0.1, 0.15) is 18.7 Å². The first-order valence-electron chi connectivity index (χ1n) is 6.20. The van der Waals surface area contributed by atoms with Crippen molar-refractivity contribution in [2.75, 3.05) is 12.4 Å². The van der Waals surface area contributed by atoms with Gasteiger partial charge in [-0.25, -0.2) is 4.68 Å². The Labute approximate surface area is 116 Å². The van der Waals surface area contributed by atoms with E-state index in [9.17, 15) is 4.79 Å². The highest BCUT2D eigenvalue weighted by Gasteiger charge is 2.17. The fourth-order valence-electron chi connectivity index (χ4n) is 1.70. The number of benzene rings is 1. The molecule has 1 amide bonds. The molecular formula is C13H17N5O2. The van der Waals surface area contributed by atoms with E-state index in [0.717, 1.165) is 0 Å². The van der Waals surface area contributed by atoms with Crippen LogP contribution in [0.25, 0.3) is 0 Å². The van der Waals surface area contributed by atoms with Gasteiger partial charge in [-0.15, -0.1) is 5.10 Å². The summed E-state index contributed by atoms with van der Waals surface area (Å²) in [6.07, 6.45) is 1.66. The van der Waals surface area contributed by atoms with E-state index in [1.807, 2.05) is 12.1 Å². The fraction of sp³-hybridized carbons (Fsp3) is 0.308. The lowest BCUT2D eigenvalue weighted by atomic mass is 10.2. The molecule has 1 heterocycles. The zero-order chi connectivity index (χ0) is 14.5. The van der Waals surface area contributed by atoms with E-state index in [2.05, 4.69) is 15.6 Å². The van der Waals surface area contributed by atoms with Crippen molar-refractivity contribution in [3.8, 4) is 5.75 Å². The summed E-state index contributed by atoms with van der Waals surface area (Å²) in [7, 11) is 1.55. The Bertz CT molecular complexity index is 596. The Balaban J connectivity index is 2.11. The lowest BCUT2D eigenvalue weighted by molar-refractivity contribution is -0.119. The molecule has 0 saturated heterocycles. The van der Waals surface area contributed by atoms with E-state index in [-0.39, 0.29) is 5.91 Å². The van der Waals surface area contributed by atoms with Gasteiger partial charge in [-0.05, 0) is 19.1 Å². The molecule has 2 aromatic rings. The van der Waals surface area contributed by atoms with Crippen molar-refractivity contribution in [1.82, 2.24) is 15.0 Å². The molecule has 1 aromatic carbocycles. The monoisotopic (exact) mass is 275 g/mol. The van der Waals surface area contributed by atoms with Gasteiger partial charge in [0.15, 0.2) is 0 Å². The molecule has 7 heteroatoms. The number of rotatable bonds is 5. The van der Waals surface area contributed by atoms with Crippen LogP contribution in [-0.4, -0.2) is 28.0 Å². The van der Waals surface area contributed by atoms with Crippen LogP contribution in [0.5, 0.6) is 5.75 Å². The number of nitrogens with zero attached hydrogens (tertiary/aromatic N) is 3. The summed E-state index contributed by atoms with van der Waals surface area (Å²) in [5.74, 6) is 0.400. The van der Waals surface area contributed by atoms with Crippen LogP contribution < -0.4 is 15.8 Å². The summed E-state index contributed by atoms with van der Waals surface area (Å²) >= 11 is 0. The quantitative estimate of drug-likeness (QED) is 0.847. The molecule has 1 aromatic heterocycles. The number of nitrogens with one attached hydrogen (secondary N) is 1. The van der Waals surface area contributed by atoms with E-state index < -0.39 is 6.04 Å². The number of anilines is 1. The third kappa shape index (κ3) is 2.94. The smallest absolute Gasteiger partial charge is 0.249 e. The average Bonchev–Trinajstić information content (AvgIpc) is 2.95. The lowest BCUT2D eigenvalue weighted by Gasteiger charge is -2.14. The zero-order valence-electron chi connectivity index (χ0n) is 11.4. The standard InChI is InChI=1S/C13H17N5O2/c1-9(18-8-10(7-14)16-17-18)13(19)15-11-5-3-4-6-12(11)20-2/h3-6,8-9H,7,14H2,1-2H3,(H,15,19). The summed E-state index contributed by atoms with van der Waals surface area (Å²) in [5.41, 5.74) is 6.73. The highest BCUT2D eigenvalue weighted by Crippen LogP contribution is 2.24. The molecule has 0 bridgehead atoms. The molecule has 0 spiro atoms. The molecule has 106 valence electrons. The van der Waals surface area contributed by atoms with Crippen LogP contribution in [0.4, 0.5) is 5.69 Å². The van der Waals surface area contributed by atoms with Crippen molar-refractivity contribution in [1.29, 1.82) is 0 Å². The van der Waals surface area contributed by atoms with E-state index in [1.165, 1.54) is 4.68 Å². The molecular weight excluding hydrogens is 258 g/mol. The molecule has 0 radical (unpaired) electrons.